The second-order valence-electron chi connectivity index (χ2n) is 9.97. The van der Waals surface area contributed by atoms with Gasteiger partial charge in [0, 0.05) is 59.5 Å². The van der Waals surface area contributed by atoms with Crippen molar-refractivity contribution in [3.8, 4) is 0 Å². The van der Waals surface area contributed by atoms with Gasteiger partial charge in [0.25, 0.3) is 5.91 Å². The first kappa shape index (κ1) is 37.7. The van der Waals surface area contributed by atoms with Gasteiger partial charge in [-0.1, -0.05) is 64.6 Å². The third kappa shape index (κ3) is 11.7. The van der Waals surface area contributed by atoms with Crippen LogP contribution in [0.25, 0.3) is 6.08 Å². The highest BCUT2D eigenvalue weighted by Crippen LogP contribution is 2.24. The van der Waals surface area contributed by atoms with Gasteiger partial charge >= 0.3 is 0 Å². The van der Waals surface area contributed by atoms with E-state index in [2.05, 4.69) is 22.0 Å². The Balaban J connectivity index is 0.00000221. The number of nitrogens with zero attached hydrogens (tertiary/aromatic N) is 4. The number of aliphatic imine (C=N–C) groups is 1. The number of benzene rings is 1. The average molecular weight is 602 g/mol. The van der Waals surface area contributed by atoms with Crippen molar-refractivity contribution in [3.63, 3.8) is 0 Å². The number of allylic oxidation sites excluding steroid dienone is 1. The fraction of sp³-hybridized carbons (Fsp3) is 0.545. The number of halogens is 1. The molecule has 2 unspecified atom stereocenters. The van der Waals surface area contributed by atoms with Crippen molar-refractivity contribution in [2.75, 3.05) is 46.9 Å². The zero-order chi connectivity index (χ0) is 32.4. The molecule has 1 aromatic rings. The zero-order valence-electron chi connectivity index (χ0n) is 27.4. The number of nitrogens with one attached hydrogen (secondary N) is 1. The van der Waals surface area contributed by atoms with E-state index in [9.17, 15) is 14.0 Å². The van der Waals surface area contributed by atoms with E-state index >= 15 is 0 Å². The summed E-state index contributed by atoms with van der Waals surface area (Å²) in [5, 5.41) is 0. The maximum atomic E-state index is 13.3. The molecule has 2 aliphatic heterocycles. The van der Waals surface area contributed by atoms with Crippen LogP contribution in [0.5, 0.6) is 0 Å². The molecule has 0 bridgehead atoms. The fourth-order valence-corrected chi connectivity index (χ4v) is 4.50. The number of amides is 2. The molecule has 0 spiro atoms. The number of piperazine rings is 1. The highest BCUT2D eigenvalue weighted by atomic mass is 19.1. The Morgan fingerprint density at radius 2 is 1.74 bits per heavy atom. The number of ether oxygens (including phenoxy) is 1. The van der Waals surface area contributed by atoms with Crippen LogP contribution >= 0.6 is 0 Å². The summed E-state index contributed by atoms with van der Waals surface area (Å²) < 4.78 is 18.8. The Morgan fingerprint density at radius 3 is 2.28 bits per heavy atom. The molecule has 9 nitrogen and oxygen atoms in total. The van der Waals surface area contributed by atoms with E-state index in [1.165, 1.54) is 18.3 Å². The smallest absolute Gasteiger partial charge is 0.276 e. The van der Waals surface area contributed by atoms with Crippen LogP contribution in [0.1, 0.15) is 66.4 Å². The minimum atomic E-state index is -0.882. The minimum Gasteiger partial charge on any atom is -0.355 e. The molecule has 0 aliphatic carbocycles. The molecular weight excluding hydrogens is 549 g/mol. The molecule has 1 N–H and O–H groups in total. The molecule has 240 valence electrons. The first-order valence-electron chi connectivity index (χ1n) is 15.3. The van der Waals surface area contributed by atoms with Crippen LogP contribution in [0, 0.1) is 5.82 Å². The summed E-state index contributed by atoms with van der Waals surface area (Å²) in [5.41, 5.74) is 2.72. The van der Waals surface area contributed by atoms with Crippen LogP contribution in [0.15, 0.2) is 59.4 Å². The predicted octanol–water partition coefficient (Wildman–Crippen LogP) is 5.42. The first-order valence-corrected chi connectivity index (χ1v) is 15.3. The minimum absolute atomic E-state index is 0.0456. The third-order valence-corrected chi connectivity index (χ3v) is 6.96. The Morgan fingerprint density at radius 1 is 1.12 bits per heavy atom. The largest absolute Gasteiger partial charge is 0.355 e. The molecule has 2 atom stereocenters. The van der Waals surface area contributed by atoms with Gasteiger partial charge in [0.05, 0.1) is 5.57 Å². The Bertz CT molecular complexity index is 1090. The van der Waals surface area contributed by atoms with Crippen molar-refractivity contribution >= 4 is 24.1 Å². The highest BCUT2D eigenvalue weighted by molar-refractivity contribution is 6.11. The standard InChI is InChI=1S/C29H40FN5O4.2C2H6/c1-6-24(27(36)32-39-26-9-7-8-20-38-26)21-31-22(2)34-16-18-35(19-17-34)29(3,28(37)33(4)5)15-14-23-10-12-25(30)13-11-23;2*1-2/h6,10-15,21,26H,2,7-9,16-20H2,1,3-5H3,(H,32,36);2*1-2H3/b15-14+,24-6+,31-21-;;. The van der Waals surface area contributed by atoms with E-state index in [4.69, 9.17) is 9.57 Å². The summed E-state index contributed by atoms with van der Waals surface area (Å²) in [5.74, 6) is -0.224. The molecule has 2 amide bonds. The van der Waals surface area contributed by atoms with E-state index in [0.29, 0.717) is 44.2 Å². The number of carbonyl (C=O) groups is 2. The van der Waals surface area contributed by atoms with Gasteiger partial charge in [0.1, 0.15) is 17.2 Å². The van der Waals surface area contributed by atoms with E-state index in [1.807, 2.05) is 51.7 Å². The molecular formula is C33H52FN5O4. The second-order valence-corrected chi connectivity index (χ2v) is 9.97. The van der Waals surface area contributed by atoms with Crippen LogP contribution in [0.2, 0.25) is 0 Å². The van der Waals surface area contributed by atoms with Crippen molar-refractivity contribution in [1.82, 2.24) is 20.2 Å². The second kappa shape index (κ2) is 19.8. The quantitative estimate of drug-likeness (QED) is 0.219. The van der Waals surface area contributed by atoms with Crippen LogP contribution < -0.4 is 5.48 Å². The molecule has 0 aromatic heterocycles. The summed E-state index contributed by atoms with van der Waals surface area (Å²) in [6, 6.07) is 6.16. The van der Waals surface area contributed by atoms with Gasteiger partial charge < -0.3 is 14.5 Å². The van der Waals surface area contributed by atoms with Crippen molar-refractivity contribution in [1.29, 1.82) is 0 Å². The molecule has 3 rings (SSSR count). The van der Waals surface area contributed by atoms with Gasteiger partial charge in [0.15, 0.2) is 6.29 Å². The summed E-state index contributed by atoms with van der Waals surface area (Å²) in [6.07, 6.45) is 9.16. The van der Waals surface area contributed by atoms with Crippen LogP contribution in [-0.4, -0.2) is 91.4 Å². The Hall–Kier alpha value is -3.34. The van der Waals surface area contributed by atoms with Gasteiger partial charge in [0.2, 0.25) is 5.91 Å². The summed E-state index contributed by atoms with van der Waals surface area (Å²) in [7, 11) is 3.47. The Kier molecular flexibility index (Phi) is 17.3. The maximum Gasteiger partial charge on any atom is 0.276 e. The fourth-order valence-electron chi connectivity index (χ4n) is 4.50. The van der Waals surface area contributed by atoms with Crippen LogP contribution in [0.3, 0.4) is 0 Å². The molecule has 43 heavy (non-hydrogen) atoms. The number of carbonyl (C=O) groups excluding carboxylic acids is 2. The number of hydrogen-bond donors (Lipinski definition) is 1. The van der Waals surface area contributed by atoms with Gasteiger partial charge in [-0.3, -0.25) is 14.5 Å². The lowest BCUT2D eigenvalue weighted by atomic mass is 9.95. The molecule has 10 heteroatoms. The van der Waals surface area contributed by atoms with Gasteiger partial charge in [-0.25, -0.2) is 19.7 Å². The van der Waals surface area contributed by atoms with E-state index < -0.39 is 17.7 Å². The SMILES string of the molecule is C=C(/N=C\C(=C/C)C(=O)NOC1CCCCO1)N1CCN(C(C)(/C=C/c2ccc(F)cc2)C(=O)N(C)C)CC1.CC.CC. The number of hydroxylamine groups is 1. The highest BCUT2D eigenvalue weighted by Gasteiger charge is 2.39. The lowest BCUT2D eigenvalue weighted by molar-refractivity contribution is -0.198. The van der Waals surface area contributed by atoms with Crippen molar-refractivity contribution < 1.29 is 23.6 Å². The summed E-state index contributed by atoms with van der Waals surface area (Å²) in [4.78, 5) is 41.3. The molecule has 2 aliphatic rings. The topological polar surface area (TPSA) is 86.7 Å². The lowest BCUT2D eigenvalue weighted by Crippen LogP contribution is -2.60. The van der Waals surface area contributed by atoms with Crippen molar-refractivity contribution in [3.05, 3.63) is 65.8 Å². The Labute approximate surface area is 258 Å². The monoisotopic (exact) mass is 601 g/mol. The maximum absolute atomic E-state index is 13.3. The van der Waals surface area contributed by atoms with Gasteiger partial charge in [-0.05, 0) is 44.4 Å². The van der Waals surface area contributed by atoms with Crippen LogP contribution in [-0.2, 0) is 19.2 Å². The summed E-state index contributed by atoms with van der Waals surface area (Å²) in [6.45, 7) is 18.8. The number of hydrogen-bond acceptors (Lipinski definition) is 7. The van der Waals surface area contributed by atoms with E-state index in [1.54, 1.807) is 44.1 Å². The van der Waals surface area contributed by atoms with Gasteiger partial charge in [-0.15, -0.1) is 0 Å². The molecule has 1 aromatic carbocycles. The third-order valence-electron chi connectivity index (χ3n) is 6.96. The van der Waals surface area contributed by atoms with Crippen LogP contribution in [0.4, 0.5) is 4.39 Å². The van der Waals surface area contributed by atoms with E-state index in [0.717, 1.165) is 24.8 Å². The van der Waals surface area contributed by atoms with Crippen molar-refractivity contribution in [2.45, 2.75) is 72.6 Å². The first-order chi connectivity index (χ1) is 20.6. The van der Waals surface area contributed by atoms with E-state index in [-0.39, 0.29) is 11.7 Å². The van der Waals surface area contributed by atoms with Crippen molar-refractivity contribution in [2.24, 2.45) is 4.99 Å². The number of rotatable bonds is 10. The van der Waals surface area contributed by atoms with Gasteiger partial charge in [-0.2, -0.15) is 0 Å². The molecule has 2 saturated heterocycles. The molecule has 2 heterocycles. The average Bonchev–Trinajstić information content (AvgIpc) is 3.05. The molecule has 0 radical (unpaired) electrons. The zero-order valence-corrected chi connectivity index (χ0v) is 27.4. The molecule has 0 saturated carbocycles. The normalized spacial score (nSPS) is 19.0. The predicted molar refractivity (Wildman–Crippen MR) is 173 cm³/mol. The summed E-state index contributed by atoms with van der Waals surface area (Å²) >= 11 is 0. The number of likely N-dealkylation sites (N-methyl/N-ethyl adjacent to an activating group) is 1. The lowest BCUT2D eigenvalue weighted by Gasteiger charge is -2.44. The molecule has 2 fully saturated rings.